The number of nitriles is 1. The first-order valence-electron chi connectivity index (χ1n) is 4.62. The maximum atomic E-state index is 12.1. The van der Waals surface area contributed by atoms with Gasteiger partial charge in [0.05, 0.1) is 6.07 Å². The van der Waals surface area contributed by atoms with Crippen molar-refractivity contribution in [1.82, 2.24) is 4.90 Å². The van der Waals surface area contributed by atoms with Gasteiger partial charge in [0.15, 0.2) is 0 Å². The van der Waals surface area contributed by atoms with Crippen molar-refractivity contribution in [2.45, 2.75) is 32.0 Å². The van der Waals surface area contributed by atoms with E-state index < -0.39 is 24.5 Å². The number of hydrogen-bond acceptors (Lipinski definition) is 2. The molecule has 84 valence electrons. The highest BCUT2D eigenvalue weighted by Crippen LogP contribution is 2.31. The summed E-state index contributed by atoms with van der Waals surface area (Å²) in [5, 5.41) is 8.48. The normalized spacial score (nSPS) is 18.1. The molecule has 0 aromatic heterocycles. The van der Waals surface area contributed by atoms with Gasteiger partial charge in [-0.3, -0.25) is 4.79 Å². The van der Waals surface area contributed by atoms with Crippen molar-refractivity contribution in [2.24, 2.45) is 5.92 Å². The van der Waals surface area contributed by atoms with Crippen molar-refractivity contribution in [3.8, 4) is 6.07 Å². The third kappa shape index (κ3) is 3.42. The van der Waals surface area contributed by atoms with Crippen molar-refractivity contribution in [3.05, 3.63) is 0 Å². The van der Waals surface area contributed by atoms with Crippen molar-refractivity contribution in [2.75, 3.05) is 6.54 Å². The molecular formula is C9H11F3N2O. The third-order valence-corrected chi connectivity index (χ3v) is 2.18. The van der Waals surface area contributed by atoms with Gasteiger partial charge in [0, 0.05) is 6.04 Å². The molecule has 0 N–H and O–H groups in total. The average molecular weight is 220 g/mol. The topological polar surface area (TPSA) is 44.1 Å². The predicted molar refractivity (Wildman–Crippen MR) is 45.6 cm³/mol. The van der Waals surface area contributed by atoms with E-state index in [4.69, 9.17) is 5.26 Å². The fourth-order valence-corrected chi connectivity index (χ4v) is 1.27. The number of nitrogens with zero attached hydrogens (tertiary/aromatic N) is 2. The van der Waals surface area contributed by atoms with Crippen LogP contribution in [0.15, 0.2) is 0 Å². The molecule has 0 aliphatic heterocycles. The van der Waals surface area contributed by atoms with Gasteiger partial charge >= 0.3 is 6.18 Å². The Morgan fingerprint density at radius 1 is 1.60 bits per heavy atom. The molecule has 1 saturated carbocycles. The lowest BCUT2D eigenvalue weighted by Crippen LogP contribution is -2.42. The molecule has 0 heterocycles. The summed E-state index contributed by atoms with van der Waals surface area (Å²) in [6, 6.07) is 1.33. The van der Waals surface area contributed by atoms with Crippen LogP contribution in [-0.2, 0) is 4.79 Å². The van der Waals surface area contributed by atoms with E-state index in [9.17, 15) is 18.0 Å². The van der Waals surface area contributed by atoms with Crippen LogP contribution in [0.3, 0.4) is 0 Å². The summed E-state index contributed by atoms with van der Waals surface area (Å²) < 4.78 is 36.4. The summed E-state index contributed by atoms with van der Waals surface area (Å²) in [6.45, 7) is 0.0661. The van der Waals surface area contributed by atoms with Crippen LogP contribution in [0.2, 0.25) is 0 Å². The van der Waals surface area contributed by atoms with Crippen LogP contribution in [0.25, 0.3) is 0 Å². The molecule has 15 heavy (non-hydrogen) atoms. The second kappa shape index (κ2) is 4.09. The summed E-state index contributed by atoms with van der Waals surface area (Å²) in [4.78, 5) is 12.2. The molecule has 0 aromatic carbocycles. The van der Waals surface area contributed by atoms with Crippen molar-refractivity contribution < 1.29 is 18.0 Å². The monoisotopic (exact) mass is 220 g/mol. The SMILES string of the molecule is CC(C#N)C(=O)N(CC(F)(F)F)C1CC1. The zero-order valence-electron chi connectivity index (χ0n) is 8.21. The summed E-state index contributed by atoms with van der Waals surface area (Å²) in [7, 11) is 0. The number of rotatable bonds is 3. The van der Waals surface area contributed by atoms with Crippen molar-refractivity contribution in [3.63, 3.8) is 0 Å². The van der Waals surface area contributed by atoms with E-state index >= 15 is 0 Å². The zero-order valence-corrected chi connectivity index (χ0v) is 8.21. The van der Waals surface area contributed by atoms with Gasteiger partial charge in [-0.2, -0.15) is 18.4 Å². The second-order valence-corrected chi connectivity index (χ2v) is 3.66. The van der Waals surface area contributed by atoms with Gasteiger partial charge in [0.1, 0.15) is 12.5 Å². The van der Waals surface area contributed by atoms with Crippen LogP contribution < -0.4 is 0 Å². The number of hydrogen-bond donors (Lipinski definition) is 0. The molecule has 0 aromatic rings. The van der Waals surface area contributed by atoms with E-state index in [1.165, 1.54) is 6.92 Å². The molecule has 0 spiro atoms. The Kier molecular flexibility index (Phi) is 3.22. The van der Waals surface area contributed by atoms with Gasteiger partial charge < -0.3 is 4.90 Å². The Labute approximate surface area is 85.5 Å². The highest BCUT2D eigenvalue weighted by Gasteiger charge is 2.41. The highest BCUT2D eigenvalue weighted by molar-refractivity contribution is 5.81. The molecule has 1 unspecified atom stereocenters. The molecular weight excluding hydrogens is 209 g/mol. The minimum Gasteiger partial charge on any atom is -0.329 e. The van der Waals surface area contributed by atoms with Crippen LogP contribution in [-0.4, -0.2) is 29.6 Å². The van der Waals surface area contributed by atoms with Crippen LogP contribution >= 0.6 is 0 Å². The van der Waals surface area contributed by atoms with Crippen molar-refractivity contribution >= 4 is 5.91 Å². The molecule has 1 aliphatic rings. The Morgan fingerprint density at radius 2 is 2.13 bits per heavy atom. The van der Waals surface area contributed by atoms with E-state index in [1.54, 1.807) is 6.07 Å². The fourth-order valence-electron chi connectivity index (χ4n) is 1.27. The Bertz CT molecular complexity index is 291. The lowest BCUT2D eigenvalue weighted by Gasteiger charge is -2.24. The first-order valence-corrected chi connectivity index (χ1v) is 4.62. The summed E-state index contributed by atoms with van der Waals surface area (Å²) in [5.41, 5.74) is 0. The quantitative estimate of drug-likeness (QED) is 0.726. The summed E-state index contributed by atoms with van der Waals surface area (Å²) in [6.07, 6.45) is -3.20. The van der Waals surface area contributed by atoms with Crippen LogP contribution in [0.1, 0.15) is 19.8 Å². The van der Waals surface area contributed by atoms with Gasteiger partial charge in [0.25, 0.3) is 0 Å². The Balaban J connectivity index is 2.66. The smallest absolute Gasteiger partial charge is 0.329 e. The van der Waals surface area contributed by atoms with Crippen LogP contribution in [0, 0.1) is 17.2 Å². The highest BCUT2D eigenvalue weighted by atomic mass is 19.4. The number of carbonyl (C=O) groups is 1. The fraction of sp³-hybridized carbons (Fsp3) is 0.778. The minimum absolute atomic E-state index is 0.324. The van der Waals surface area contributed by atoms with Gasteiger partial charge in [-0.25, -0.2) is 0 Å². The molecule has 1 aliphatic carbocycles. The first-order chi connectivity index (χ1) is 6.85. The average Bonchev–Trinajstić information content (AvgIpc) is 2.93. The molecule has 1 rings (SSSR count). The van der Waals surface area contributed by atoms with Gasteiger partial charge in [-0.05, 0) is 19.8 Å². The molecule has 0 radical (unpaired) electrons. The first kappa shape index (κ1) is 11.8. The van der Waals surface area contributed by atoms with E-state index in [1.807, 2.05) is 0 Å². The molecule has 1 amide bonds. The van der Waals surface area contributed by atoms with E-state index in [0.29, 0.717) is 12.8 Å². The maximum absolute atomic E-state index is 12.1. The minimum atomic E-state index is -4.40. The van der Waals surface area contributed by atoms with E-state index in [0.717, 1.165) is 4.90 Å². The number of amides is 1. The maximum Gasteiger partial charge on any atom is 0.406 e. The molecule has 0 bridgehead atoms. The van der Waals surface area contributed by atoms with Gasteiger partial charge in [-0.1, -0.05) is 0 Å². The predicted octanol–water partition coefficient (Wildman–Crippen LogP) is 1.70. The molecule has 6 heteroatoms. The summed E-state index contributed by atoms with van der Waals surface area (Å²) >= 11 is 0. The lowest BCUT2D eigenvalue weighted by atomic mass is 10.2. The largest absolute Gasteiger partial charge is 0.406 e. The Morgan fingerprint density at radius 3 is 2.47 bits per heavy atom. The van der Waals surface area contributed by atoms with Crippen molar-refractivity contribution in [1.29, 1.82) is 5.26 Å². The number of alkyl halides is 3. The van der Waals surface area contributed by atoms with Crippen LogP contribution in [0.4, 0.5) is 13.2 Å². The van der Waals surface area contributed by atoms with Crippen LogP contribution in [0.5, 0.6) is 0 Å². The molecule has 1 fully saturated rings. The number of carbonyl (C=O) groups excluding carboxylic acids is 1. The summed E-state index contributed by atoms with van der Waals surface area (Å²) in [5.74, 6) is -1.73. The van der Waals surface area contributed by atoms with Gasteiger partial charge in [-0.15, -0.1) is 0 Å². The number of halogens is 3. The van der Waals surface area contributed by atoms with E-state index in [-0.39, 0.29) is 6.04 Å². The lowest BCUT2D eigenvalue weighted by molar-refractivity contribution is -0.163. The molecule has 3 nitrogen and oxygen atoms in total. The Hall–Kier alpha value is -1.25. The standard InChI is InChI=1S/C9H11F3N2O/c1-6(4-13)8(15)14(7-2-3-7)5-9(10,11)12/h6-7H,2-3,5H2,1H3. The molecule has 0 saturated heterocycles. The van der Waals surface area contributed by atoms with E-state index in [2.05, 4.69) is 0 Å². The van der Waals surface area contributed by atoms with Gasteiger partial charge in [0.2, 0.25) is 5.91 Å². The molecule has 1 atom stereocenters. The second-order valence-electron chi connectivity index (χ2n) is 3.66. The zero-order chi connectivity index (χ0) is 11.6. The third-order valence-electron chi connectivity index (χ3n) is 2.18.